The molecule has 3 aromatic rings. The molecule has 0 atom stereocenters. The third kappa shape index (κ3) is 3.05. The molecule has 1 fully saturated rings. The van der Waals surface area contributed by atoms with Crippen molar-refractivity contribution in [1.29, 1.82) is 0 Å². The predicted octanol–water partition coefficient (Wildman–Crippen LogP) is 4.20. The minimum absolute atomic E-state index is 0.0301. The van der Waals surface area contributed by atoms with Gasteiger partial charge in [0.2, 0.25) is 5.91 Å². The molecule has 1 aromatic carbocycles. The monoisotopic (exact) mass is 412 g/mol. The van der Waals surface area contributed by atoms with Crippen LogP contribution in [0.2, 0.25) is 5.02 Å². The highest BCUT2D eigenvalue weighted by Crippen LogP contribution is 2.42. The van der Waals surface area contributed by atoms with Crippen LogP contribution < -0.4 is 10.6 Å². The number of nitrogens with two attached hydrogens (primary N) is 1. The molecule has 3 heterocycles. The number of amides is 1. The highest BCUT2D eigenvalue weighted by Gasteiger charge is 2.29. The molecule has 2 aromatic heterocycles. The largest absolute Gasteiger partial charge is 0.369 e. The van der Waals surface area contributed by atoms with Gasteiger partial charge < -0.3 is 10.6 Å². The van der Waals surface area contributed by atoms with Crippen molar-refractivity contribution in [1.82, 2.24) is 9.97 Å². The Kier molecular flexibility index (Phi) is 4.48. The SMILES string of the molecule is NC(=O)C1CCN(c2nc(-c3ccc(Cl)cc3)nc3sc4c(c23)CCC4)CC1. The number of rotatable bonds is 3. The number of halogens is 1. The molecular weight excluding hydrogens is 392 g/mol. The summed E-state index contributed by atoms with van der Waals surface area (Å²) in [5.74, 6) is 1.52. The number of carbonyl (C=O) groups is 1. The van der Waals surface area contributed by atoms with Crippen LogP contribution in [0.15, 0.2) is 24.3 Å². The number of hydrogen-bond donors (Lipinski definition) is 1. The number of piperidine rings is 1. The molecular formula is C21H21ClN4OS. The van der Waals surface area contributed by atoms with Crippen LogP contribution in [-0.4, -0.2) is 29.0 Å². The van der Waals surface area contributed by atoms with Crippen molar-refractivity contribution in [2.45, 2.75) is 32.1 Å². The summed E-state index contributed by atoms with van der Waals surface area (Å²) >= 11 is 7.86. The molecule has 144 valence electrons. The summed E-state index contributed by atoms with van der Waals surface area (Å²) in [5, 5.41) is 1.92. The van der Waals surface area contributed by atoms with E-state index in [0.29, 0.717) is 5.02 Å². The van der Waals surface area contributed by atoms with E-state index in [-0.39, 0.29) is 11.8 Å². The molecule has 1 saturated heterocycles. The van der Waals surface area contributed by atoms with Crippen LogP contribution >= 0.6 is 22.9 Å². The average Bonchev–Trinajstić information content (AvgIpc) is 3.29. The van der Waals surface area contributed by atoms with E-state index in [0.717, 1.165) is 60.8 Å². The molecule has 5 nitrogen and oxygen atoms in total. The lowest BCUT2D eigenvalue weighted by atomic mass is 9.96. The number of benzene rings is 1. The van der Waals surface area contributed by atoms with Gasteiger partial charge in [-0.15, -0.1) is 11.3 Å². The quantitative estimate of drug-likeness (QED) is 0.699. The van der Waals surface area contributed by atoms with E-state index in [9.17, 15) is 4.79 Å². The molecule has 0 saturated carbocycles. The third-order valence-electron chi connectivity index (χ3n) is 5.84. The molecule has 1 amide bonds. The highest BCUT2D eigenvalue weighted by molar-refractivity contribution is 7.19. The normalized spacial score (nSPS) is 17.2. The van der Waals surface area contributed by atoms with E-state index in [2.05, 4.69) is 4.90 Å². The maximum atomic E-state index is 11.6. The Morgan fingerprint density at radius 2 is 1.89 bits per heavy atom. The fourth-order valence-electron chi connectivity index (χ4n) is 4.31. The first kappa shape index (κ1) is 17.9. The van der Waals surface area contributed by atoms with Crippen LogP contribution in [-0.2, 0) is 17.6 Å². The maximum absolute atomic E-state index is 11.6. The van der Waals surface area contributed by atoms with Gasteiger partial charge in [0.1, 0.15) is 10.6 Å². The van der Waals surface area contributed by atoms with Crippen molar-refractivity contribution < 1.29 is 4.79 Å². The molecule has 0 radical (unpaired) electrons. The number of anilines is 1. The van der Waals surface area contributed by atoms with Gasteiger partial charge in [0.15, 0.2) is 5.82 Å². The highest BCUT2D eigenvalue weighted by atomic mass is 35.5. The second-order valence-electron chi connectivity index (χ2n) is 7.58. The predicted molar refractivity (Wildman–Crippen MR) is 114 cm³/mol. The van der Waals surface area contributed by atoms with Crippen molar-refractivity contribution in [3.8, 4) is 11.4 Å². The van der Waals surface area contributed by atoms with E-state index in [1.165, 1.54) is 22.2 Å². The molecule has 1 aliphatic carbocycles. The van der Waals surface area contributed by atoms with Gasteiger partial charge in [0.05, 0.1) is 5.39 Å². The zero-order valence-electron chi connectivity index (χ0n) is 15.4. The van der Waals surface area contributed by atoms with E-state index in [1.807, 2.05) is 24.3 Å². The fraction of sp³-hybridized carbons (Fsp3) is 0.381. The lowest BCUT2D eigenvalue weighted by molar-refractivity contribution is -0.122. The first-order chi connectivity index (χ1) is 13.6. The van der Waals surface area contributed by atoms with Crippen molar-refractivity contribution in [2.75, 3.05) is 18.0 Å². The number of carbonyl (C=O) groups excluding carboxylic acids is 1. The van der Waals surface area contributed by atoms with Crippen LogP contribution in [0.1, 0.15) is 29.7 Å². The molecule has 5 rings (SSSR count). The van der Waals surface area contributed by atoms with E-state index >= 15 is 0 Å². The minimum atomic E-state index is -0.189. The Morgan fingerprint density at radius 1 is 1.14 bits per heavy atom. The summed E-state index contributed by atoms with van der Waals surface area (Å²) in [6, 6.07) is 7.68. The van der Waals surface area contributed by atoms with Gasteiger partial charge in [0, 0.05) is 34.5 Å². The Bertz CT molecular complexity index is 1050. The summed E-state index contributed by atoms with van der Waals surface area (Å²) in [7, 11) is 0. The third-order valence-corrected chi connectivity index (χ3v) is 7.28. The average molecular weight is 413 g/mol. The van der Waals surface area contributed by atoms with Crippen molar-refractivity contribution in [3.63, 3.8) is 0 Å². The van der Waals surface area contributed by atoms with Crippen LogP contribution in [0.4, 0.5) is 5.82 Å². The lowest BCUT2D eigenvalue weighted by Gasteiger charge is -2.32. The summed E-state index contributed by atoms with van der Waals surface area (Å²) in [6.45, 7) is 1.59. The zero-order valence-corrected chi connectivity index (χ0v) is 17.0. The summed E-state index contributed by atoms with van der Waals surface area (Å²) < 4.78 is 0. The van der Waals surface area contributed by atoms with Gasteiger partial charge in [-0.1, -0.05) is 11.6 Å². The second kappa shape index (κ2) is 7.01. The molecule has 0 unspecified atom stereocenters. The maximum Gasteiger partial charge on any atom is 0.220 e. The van der Waals surface area contributed by atoms with Crippen LogP contribution in [0.5, 0.6) is 0 Å². The van der Waals surface area contributed by atoms with Gasteiger partial charge >= 0.3 is 0 Å². The molecule has 2 N–H and O–H groups in total. The number of hydrogen-bond acceptors (Lipinski definition) is 5. The molecule has 28 heavy (non-hydrogen) atoms. The first-order valence-electron chi connectivity index (χ1n) is 9.72. The minimum Gasteiger partial charge on any atom is -0.369 e. The molecule has 2 aliphatic rings. The van der Waals surface area contributed by atoms with Gasteiger partial charge in [0.25, 0.3) is 0 Å². The molecule has 1 aliphatic heterocycles. The number of primary amides is 1. The zero-order chi connectivity index (χ0) is 19.3. The van der Waals surface area contributed by atoms with Crippen LogP contribution in [0, 0.1) is 5.92 Å². The van der Waals surface area contributed by atoms with E-state index < -0.39 is 0 Å². The Morgan fingerprint density at radius 3 is 2.61 bits per heavy atom. The van der Waals surface area contributed by atoms with Crippen molar-refractivity contribution >= 4 is 44.9 Å². The molecule has 0 spiro atoms. The number of aromatic nitrogens is 2. The van der Waals surface area contributed by atoms with E-state index in [1.54, 1.807) is 11.3 Å². The van der Waals surface area contributed by atoms with Gasteiger partial charge in [-0.05, 0) is 61.9 Å². The smallest absolute Gasteiger partial charge is 0.220 e. The number of thiophene rings is 1. The van der Waals surface area contributed by atoms with Crippen molar-refractivity contribution in [2.24, 2.45) is 11.7 Å². The van der Waals surface area contributed by atoms with Crippen molar-refractivity contribution in [3.05, 3.63) is 39.7 Å². The van der Waals surface area contributed by atoms with Gasteiger partial charge in [-0.25, -0.2) is 9.97 Å². The summed E-state index contributed by atoms with van der Waals surface area (Å²) in [5.41, 5.74) is 7.91. The standard InChI is InChI=1S/C21H21ClN4OS/c22-14-6-4-13(5-7-14)19-24-20(26-10-8-12(9-11-26)18(23)27)17-15-2-1-3-16(15)28-21(17)25-19/h4-7,12H,1-3,8-11H2,(H2,23,27). The van der Waals surface area contributed by atoms with Gasteiger partial charge in [-0.3, -0.25) is 4.79 Å². The number of nitrogens with zero attached hydrogens (tertiary/aromatic N) is 3. The molecule has 7 heteroatoms. The molecule has 0 bridgehead atoms. The van der Waals surface area contributed by atoms with Gasteiger partial charge in [-0.2, -0.15) is 0 Å². The number of fused-ring (bicyclic) bond motifs is 3. The first-order valence-corrected chi connectivity index (χ1v) is 10.9. The second-order valence-corrected chi connectivity index (χ2v) is 9.10. The van der Waals surface area contributed by atoms with E-state index in [4.69, 9.17) is 27.3 Å². The Labute approximate surface area is 172 Å². The Hall–Kier alpha value is -2.18. The number of aryl methyl sites for hydroxylation is 2. The topological polar surface area (TPSA) is 72.1 Å². The fourth-order valence-corrected chi connectivity index (χ4v) is 5.69. The van der Waals surface area contributed by atoms with Crippen LogP contribution in [0.25, 0.3) is 21.6 Å². The summed E-state index contributed by atoms with van der Waals surface area (Å²) in [4.78, 5) is 26.3. The lowest BCUT2D eigenvalue weighted by Crippen LogP contribution is -2.39. The summed E-state index contributed by atoms with van der Waals surface area (Å²) in [6.07, 6.45) is 5.01. The van der Waals surface area contributed by atoms with Crippen LogP contribution in [0.3, 0.4) is 0 Å². The Balaban J connectivity index is 1.61.